The molecule has 1 N–H and O–H groups in total. The number of nitrogens with zero attached hydrogens (tertiary/aromatic N) is 1. The Bertz CT molecular complexity index is 1290. The van der Waals surface area contributed by atoms with Gasteiger partial charge in [0.15, 0.2) is 0 Å². The zero-order valence-electron chi connectivity index (χ0n) is 21.0. The van der Waals surface area contributed by atoms with Crippen LogP contribution in [0.15, 0.2) is 103 Å². The van der Waals surface area contributed by atoms with Gasteiger partial charge in [-0.1, -0.05) is 90.5 Å². The number of hydrogen-bond acceptors (Lipinski definition) is 3. The highest BCUT2D eigenvalue weighted by Gasteiger charge is 2.37. The van der Waals surface area contributed by atoms with Crippen molar-refractivity contribution in [2.75, 3.05) is 13.2 Å². The standard InChI is InChI=1S/C31H29ClF3NO2/c1-30(24-12-4-2-5-13-24,25-14-6-3-7-15-25)36(19-10-20-38-27-17-9-16-26(37)21-27)22-23-11-8-18-28(29(23)32)31(33,34)35/h2-9,11-18,21,37H,10,19-20,22H2,1H3. The Labute approximate surface area is 226 Å². The smallest absolute Gasteiger partial charge is 0.417 e. The molecule has 0 aliphatic rings. The van der Waals surface area contributed by atoms with Crippen LogP contribution in [0.1, 0.15) is 35.6 Å². The molecule has 0 radical (unpaired) electrons. The minimum absolute atomic E-state index is 0.115. The molecule has 4 aromatic rings. The Balaban J connectivity index is 1.70. The monoisotopic (exact) mass is 539 g/mol. The van der Waals surface area contributed by atoms with Gasteiger partial charge in [0, 0.05) is 19.2 Å². The van der Waals surface area contributed by atoms with Crippen molar-refractivity contribution < 1.29 is 23.0 Å². The normalized spacial score (nSPS) is 12.1. The van der Waals surface area contributed by atoms with Crippen LogP contribution < -0.4 is 4.74 Å². The summed E-state index contributed by atoms with van der Waals surface area (Å²) in [5, 5.41) is 9.42. The SMILES string of the molecule is CC(c1ccccc1)(c1ccccc1)N(CCCOc1cccc(O)c1)Cc1cccc(C(F)(F)F)c1Cl. The van der Waals surface area contributed by atoms with E-state index in [0.717, 1.165) is 17.2 Å². The molecule has 0 aromatic heterocycles. The van der Waals surface area contributed by atoms with Crippen molar-refractivity contribution in [1.29, 1.82) is 0 Å². The summed E-state index contributed by atoms with van der Waals surface area (Å²) in [7, 11) is 0. The first-order chi connectivity index (χ1) is 18.2. The summed E-state index contributed by atoms with van der Waals surface area (Å²) >= 11 is 6.34. The lowest BCUT2D eigenvalue weighted by atomic mass is 9.82. The van der Waals surface area contributed by atoms with Crippen LogP contribution >= 0.6 is 11.6 Å². The number of aromatic hydroxyl groups is 1. The minimum atomic E-state index is -4.55. The van der Waals surface area contributed by atoms with Gasteiger partial charge < -0.3 is 9.84 Å². The third kappa shape index (κ3) is 6.32. The number of benzene rings is 4. The van der Waals surface area contributed by atoms with Crippen LogP contribution in [0.5, 0.6) is 11.5 Å². The number of hydrogen-bond donors (Lipinski definition) is 1. The van der Waals surface area contributed by atoms with Crippen LogP contribution in [-0.4, -0.2) is 23.2 Å². The van der Waals surface area contributed by atoms with Gasteiger partial charge in [0.1, 0.15) is 11.5 Å². The van der Waals surface area contributed by atoms with Crippen molar-refractivity contribution in [3.05, 3.63) is 130 Å². The lowest BCUT2D eigenvalue weighted by Crippen LogP contribution is -2.45. The predicted octanol–water partition coefficient (Wildman–Crippen LogP) is 8.30. The molecule has 0 unspecified atom stereocenters. The van der Waals surface area contributed by atoms with Crippen LogP contribution in [-0.2, 0) is 18.3 Å². The Morgan fingerprint density at radius 3 is 2.00 bits per heavy atom. The summed E-state index contributed by atoms with van der Waals surface area (Å²) in [5.74, 6) is 0.662. The van der Waals surface area contributed by atoms with Crippen LogP contribution in [0, 0.1) is 0 Å². The fraction of sp³-hybridized carbons (Fsp3) is 0.226. The van der Waals surface area contributed by atoms with E-state index < -0.39 is 17.3 Å². The van der Waals surface area contributed by atoms with Gasteiger partial charge in [0.25, 0.3) is 0 Å². The molecule has 0 spiro atoms. The zero-order valence-corrected chi connectivity index (χ0v) is 21.7. The van der Waals surface area contributed by atoms with Crippen molar-refractivity contribution in [2.45, 2.75) is 31.6 Å². The van der Waals surface area contributed by atoms with Gasteiger partial charge in [-0.2, -0.15) is 13.2 Å². The van der Waals surface area contributed by atoms with E-state index >= 15 is 0 Å². The molecule has 4 aromatic carbocycles. The summed E-state index contributed by atoms with van der Waals surface area (Å²) in [6.07, 6.45) is -3.96. The maximum atomic E-state index is 13.6. The predicted molar refractivity (Wildman–Crippen MR) is 144 cm³/mol. The zero-order chi connectivity index (χ0) is 27.2. The van der Waals surface area contributed by atoms with Crippen molar-refractivity contribution in [3.8, 4) is 11.5 Å². The quantitative estimate of drug-likeness (QED) is 0.206. The van der Waals surface area contributed by atoms with Gasteiger partial charge in [0.2, 0.25) is 0 Å². The first kappa shape index (κ1) is 27.6. The number of ether oxygens (including phenoxy) is 1. The summed E-state index contributed by atoms with van der Waals surface area (Å²) < 4.78 is 46.7. The average Bonchev–Trinajstić information content (AvgIpc) is 2.91. The third-order valence-corrected chi connectivity index (χ3v) is 7.15. The highest BCUT2D eigenvalue weighted by Crippen LogP contribution is 2.40. The summed E-state index contributed by atoms with van der Waals surface area (Å²) in [6, 6.07) is 30.4. The fourth-order valence-corrected chi connectivity index (χ4v) is 4.96. The number of rotatable bonds is 10. The van der Waals surface area contributed by atoms with Gasteiger partial charge in [-0.15, -0.1) is 0 Å². The van der Waals surface area contributed by atoms with Gasteiger partial charge >= 0.3 is 6.18 Å². The second kappa shape index (κ2) is 11.9. The van der Waals surface area contributed by atoms with E-state index in [1.807, 2.05) is 60.7 Å². The molecule has 4 rings (SSSR count). The number of alkyl halides is 3. The van der Waals surface area contributed by atoms with Gasteiger partial charge in [-0.05, 0) is 48.2 Å². The number of phenols is 1. The molecule has 0 fully saturated rings. The van der Waals surface area contributed by atoms with Crippen molar-refractivity contribution in [1.82, 2.24) is 4.90 Å². The van der Waals surface area contributed by atoms with E-state index in [9.17, 15) is 18.3 Å². The maximum Gasteiger partial charge on any atom is 0.417 e. The largest absolute Gasteiger partial charge is 0.508 e. The van der Waals surface area contributed by atoms with Crippen molar-refractivity contribution in [3.63, 3.8) is 0 Å². The molecular formula is C31H29ClF3NO2. The average molecular weight is 540 g/mol. The fourth-order valence-electron chi connectivity index (χ4n) is 4.66. The van der Waals surface area contributed by atoms with E-state index in [1.54, 1.807) is 24.3 Å². The van der Waals surface area contributed by atoms with Gasteiger partial charge in [0.05, 0.1) is 22.7 Å². The van der Waals surface area contributed by atoms with Crippen LogP contribution in [0.25, 0.3) is 0 Å². The first-order valence-electron chi connectivity index (χ1n) is 12.3. The molecule has 3 nitrogen and oxygen atoms in total. The molecule has 7 heteroatoms. The molecule has 0 aliphatic heterocycles. The number of phenolic OH excluding ortho intramolecular Hbond substituents is 1. The van der Waals surface area contributed by atoms with E-state index in [0.29, 0.717) is 30.9 Å². The molecule has 0 saturated heterocycles. The van der Waals surface area contributed by atoms with Gasteiger partial charge in [-0.3, -0.25) is 4.90 Å². The van der Waals surface area contributed by atoms with Gasteiger partial charge in [-0.25, -0.2) is 0 Å². The lowest BCUT2D eigenvalue weighted by molar-refractivity contribution is -0.137. The van der Waals surface area contributed by atoms with Crippen LogP contribution in [0.2, 0.25) is 5.02 Å². The summed E-state index contributed by atoms with van der Waals surface area (Å²) in [5.41, 5.74) is 0.885. The van der Waals surface area contributed by atoms with Crippen molar-refractivity contribution >= 4 is 11.6 Å². The van der Waals surface area contributed by atoms with Crippen molar-refractivity contribution in [2.24, 2.45) is 0 Å². The Morgan fingerprint density at radius 1 is 0.816 bits per heavy atom. The molecule has 0 bridgehead atoms. The second-order valence-electron chi connectivity index (χ2n) is 9.20. The molecule has 0 saturated carbocycles. The third-order valence-electron chi connectivity index (χ3n) is 6.71. The molecule has 38 heavy (non-hydrogen) atoms. The van der Waals surface area contributed by atoms with Crippen LogP contribution in [0.3, 0.4) is 0 Å². The molecular weight excluding hydrogens is 511 g/mol. The molecule has 0 aliphatic carbocycles. The topological polar surface area (TPSA) is 32.7 Å². The summed E-state index contributed by atoms with van der Waals surface area (Å²) in [6.45, 7) is 3.13. The molecule has 0 amide bonds. The summed E-state index contributed by atoms with van der Waals surface area (Å²) in [4.78, 5) is 2.14. The van der Waals surface area contributed by atoms with E-state index in [-0.39, 0.29) is 17.3 Å². The van der Waals surface area contributed by atoms with E-state index in [4.69, 9.17) is 16.3 Å². The Morgan fingerprint density at radius 2 is 1.42 bits per heavy atom. The van der Waals surface area contributed by atoms with E-state index in [2.05, 4.69) is 11.8 Å². The van der Waals surface area contributed by atoms with E-state index in [1.165, 1.54) is 12.1 Å². The second-order valence-corrected chi connectivity index (χ2v) is 9.58. The van der Waals surface area contributed by atoms with Crippen LogP contribution in [0.4, 0.5) is 13.2 Å². The highest BCUT2D eigenvalue weighted by molar-refractivity contribution is 6.32. The molecule has 0 atom stereocenters. The molecule has 198 valence electrons. The Kier molecular flexibility index (Phi) is 8.65. The number of halogens is 4. The highest BCUT2D eigenvalue weighted by atomic mass is 35.5. The minimum Gasteiger partial charge on any atom is -0.508 e. The molecule has 0 heterocycles. The first-order valence-corrected chi connectivity index (χ1v) is 12.7. The lowest BCUT2D eigenvalue weighted by Gasteiger charge is -2.43. The maximum absolute atomic E-state index is 13.6. The Hall–Kier alpha value is -3.48.